The molecule has 1 aromatic carbocycles. The Morgan fingerprint density at radius 2 is 1.87 bits per heavy atom. The van der Waals surface area contributed by atoms with Crippen molar-refractivity contribution >= 4 is 33.5 Å². The molecule has 0 bridgehead atoms. The van der Waals surface area contributed by atoms with Gasteiger partial charge in [-0.2, -0.15) is 0 Å². The molecule has 1 aliphatic rings. The van der Waals surface area contributed by atoms with Crippen LogP contribution in [0.15, 0.2) is 41.1 Å². The maximum atomic E-state index is 12.2. The summed E-state index contributed by atoms with van der Waals surface area (Å²) in [5, 5.41) is 6.17. The third kappa shape index (κ3) is 4.51. The van der Waals surface area contributed by atoms with Crippen LogP contribution in [0.3, 0.4) is 0 Å². The lowest BCUT2D eigenvalue weighted by atomic mass is 9.96. The minimum atomic E-state index is -0.215. The Balaban J connectivity index is 1.60. The largest absolute Gasteiger partial charge is 0.351 e. The van der Waals surface area contributed by atoms with Crippen molar-refractivity contribution in [3.63, 3.8) is 0 Å². The zero-order chi connectivity index (χ0) is 16.1. The third-order valence-electron chi connectivity index (χ3n) is 3.93. The van der Waals surface area contributed by atoms with Gasteiger partial charge < -0.3 is 10.6 Å². The van der Waals surface area contributed by atoms with E-state index in [4.69, 9.17) is 0 Å². The van der Waals surface area contributed by atoms with Gasteiger partial charge in [-0.1, -0.05) is 41.3 Å². The van der Waals surface area contributed by atoms with E-state index in [-0.39, 0.29) is 5.91 Å². The fraction of sp³-hybridized carbons (Fsp3) is 0.353. The lowest BCUT2D eigenvalue weighted by molar-refractivity contribution is 0.102. The van der Waals surface area contributed by atoms with Crippen LogP contribution in [0.2, 0.25) is 0 Å². The van der Waals surface area contributed by atoms with Gasteiger partial charge in [-0.3, -0.25) is 4.79 Å². The van der Waals surface area contributed by atoms with Crippen LogP contribution >= 0.6 is 15.9 Å². The van der Waals surface area contributed by atoms with E-state index in [1.54, 1.807) is 12.4 Å². The molecule has 1 saturated carbocycles. The summed E-state index contributed by atoms with van der Waals surface area (Å²) in [6, 6.07) is 7.91. The van der Waals surface area contributed by atoms with Crippen LogP contribution in [0.25, 0.3) is 0 Å². The molecular weight excluding hydrogens is 356 g/mol. The van der Waals surface area contributed by atoms with Crippen LogP contribution in [0.4, 0.5) is 11.6 Å². The second kappa shape index (κ2) is 7.55. The molecule has 5 nitrogen and oxygen atoms in total. The van der Waals surface area contributed by atoms with E-state index in [1.807, 2.05) is 24.3 Å². The highest BCUT2D eigenvalue weighted by molar-refractivity contribution is 9.10. The standard InChI is InChI=1S/C17H19BrN4O/c18-13-5-4-8-15(9-13)21-16(23)12-10-19-17(20-11-12)22-14-6-2-1-3-7-14/h4-5,8-11,14H,1-3,6-7H2,(H,21,23)(H,19,20,22). The van der Waals surface area contributed by atoms with Gasteiger partial charge in [-0.15, -0.1) is 0 Å². The van der Waals surface area contributed by atoms with Crippen molar-refractivity contribution in [1.29, 1.82) is 0 Å². The van der Waals surface area contributed by atoms with Crippen molar-refractivity contribution in [1.82, 2.24) is 9.97 Å². The van der Waals surface area contributed by atoms with E-state index in [9.17, 15) is 4.79 Å². The van der Waals surface area contributed by atoms with E-state index in [0.29, 0.717) is 17.6 Å². The lowest BCUT2D eigenvalue weighted by Crippen LogP contribution is -2.23. The number of hydrogen-bond acceptors (Lipinski definition) is 4. The zero-order valence-corrected chi connectivity index (χ0v) is 14.3. The van der Waals surface area contributed by atoms with E-state index < -0.39 is 0 Å². The van der Waals surface area contributed by atoms with Crippen molar-refractivity contribution in [3.8, 4) is 0 Å². The molecule has 3 rings (SSSR count). The molecule has 6 heteroatoms. The molecule has 23 heavy (non-hydrogen) atoms. The van der Waals surface area contributed by atoms with Crippen molar-refractivity contribution in [3.05, 3.63) is 46.7 Å². The van der Waals surface area contributed by atoms with Crippen LogP contribution in [-0.4, -0.2) is 21.9 Å². The van der Waals surface area contributed by atoms with Crippen molar-refractivity contribution in [2.45, 2.75) is 38.1 Å². The number of nitrogens with one attached hydrogen (secondary N) is 2. The molecule has 1 fully saturated rings. The number of carbonyl (C=O) groups is 1. The van der Waals surface area contributed by atoms with Gasteiger partial charge in [0, 0.05) is 28.6 Å². The molecular formula is C17H19BrN4O. The predicted octanol–water partition coefficient (Wildman–Crippen LogP) is 4.24. The summed E-state index contributed by atoms with van der Waals surface area (Å²) in [6.07, 6.45) is 9.27. The number of rotatable bonds is 4. The molecule has 1 heterocycles. The van der Waals surface area contributed by atoms with E-state index >= 15 is 0 Å². The van der Waals surface area contributed by atoms with Crippen LogP contribution in [0.1, 0.15) is 42.5 Å². The predicted molar refractivity (Wildman–Crippen MR) is 94.6 cm³/mol. The fourth-order valence-electron chi connectivity index (χ4n) is 2.72. The Morgan fingerprint density at radius 1 is 1.13 bits per heavy atom. The van der Waals surface area contributed by atoms with Crippen LogP contribution in [0.5, 0.6) is 0 Å². The van der Waals surface area contributed by atoms with Crippen LogP contribution in [-0.2, 0) is 0 Å². The summed E-state index contributed by atoms with van der Waals surface area (Å²) >= 11 is 3.38. The van der Waals surface area contributed by atoms with Crippen LogP contribution in [0, 0.1) is 0 Å². The van der Waals surface area contributed by atoms with E-state index in [1.165, 1.54) is 19.3 Å². The first-order valence-electron chi connectivity index (χ1n) is 7.86. The maximum Gasteiger partial charge on any atom is 0.258 e. The number of carbonyl (C=O) groups excluding carboxylic acids is 1. The van der Waals surface area contributed by atoms with Crippen LogP contribution < -0.4 is 10.6 Å². The summed E-state index contributed by atoms with van der Waals surface area (Å²) in [5.74, 6) is 0.378. The van der Waals surface area contributed by atoms with Gasteiger partial charge in [-0.25, -0.2) is 9.97 Å². The molecule has 1 aliphatic carbocycles. The van der Waals surface area contributed by atoms with E-state index in [2.05, 4.69) is 36.5 Å². The summed E-state index contributed by atoms with van der Waals surface area (Å²) < 4.78 is 0.915. The normalized spacial score (nSPS) is 15.2. The van der Waals surface area contributed by atoms with Gasteiger partial charge >= 0.3 is 0 Å². The third-order valence-corrected chi connectivity index (χ3v) is 4.43. The molecule has 1 aromatic heterocycles. The van der Waals surface area contributed by atoms with Gasteiger partial charge in [0.05, 0.1) is 5.56 Å². The Labute approximate surface area is 144 Å². The molecule has 120 valence electrons. The van der Waals surface area contributed by atoms with Gasteiger partial charge in [-0.05, 0) is 31.0 Å². The summed E-state index contributed by atoms with van der Waals surface area (Å²) in [6.45, 7) is 0. The number of benzene rings is 1. The number of anilines is 2. The minimum Gasteiger partial charge on any atom is -0.351 e. The van der Waals surface area contributed by atoms with Gasteiger partial charge in [0.25, 0.3) is 5.91 Å². The first-order valence-corrected chi connectivity index (χ1v) is 8.65. The quantitative estimate of drug-likeness (QED) is 0.839. The monoisotopic (exact) mass is 374 g/mol. The van der Waals surface area contributed by atoms with Crippen molar-refractivity contribution in [2.75, 3.05) is 10.6 Å². The zero-order valence-electron chi connectivity index (χ0n) is 12.8. The summed E-state index contributed by atoms with van der Waals surface area (Å²) in [5.41, 5.74) is 1.17. The Hall–Kier alpha value is -1.95. The number of halogens is 1. The van der Waals surface area contributed by atoms with Gasteiger partial charge in [0.1, 0.15) is 0 Å². The maximum absolute atomic E-state index is 12.2. The smallest absolute Gasteiger partial charge is 0.258 e. The Bertz CT molecular complexity index is 669. The molecule has 0 spiro atoms. The molecule has 0 saturated heterocycles. The highest BCUT2D eigenvalue weighted by Crippen LogP contribution is 2.20. The second-order valence-electron chi connectivity index (χ2n) is 5.74. The first-order chi connectivity index (χ1) is 11.2. The van der Waals surface area contributed by atoms with Gasteiger partial charge in [0.15, 0.2) is 0 Å². The number of aromatic nitrogens is 2. The molecule has 2 aromatic rings. The number of nitrogens with zero attached hydrogens (tertiary/aromatic N) is 2. The highest BCUT2D eigenvalue weighted by Gasteiger charge is 2.14. The van der Waals surface area contributed by atoms with Crippen molar-refractivity contribution < 1.29 is 4.79 Å². The molecule has 0 aliphatic heterocycles. The average molecular weight is 375 g/mol. The topological polar surface area (TPSA) is 66.9 Å². The summed E-state index contributed by atoms with van der Waals surface area (Å²) in [7, 11) is 0. The van der Waals surface area contributed by atoms with E-state index in [0.717, 1.165) is 23.0 Å². The number of hydrogen-bond donors (Lipinski definition) is 2. The minimum absolute atomic E-state index is 0.215. The second-order valence-corrected chi connectivity index (χ2v) is 6.65. The average Bonchev–Trinajstić information content (AvgIpc) is 2.56. The summed E-state index contributed by atoms with van der Waals surface area (Å²) in [4.78, 5) is 20.7. The van der Waals surface area contributed by atoms with Gasteiger partial charge in [0.2, 0.25) is 5.95 Å². The van der Waals surface area contributed by atoms with Crippen molar-refractivity contribution in [2.24, 2.45) is 0 Å². The highest BCUT2D eigenvalue weighted by atomic mass is 79.9. The Morgan fingerprint density at radius 3 is 2.57 bits per heavy atom. The first kappa shape index (κ1) is 15.9. The molecule has 2 N–H and O–H groups in total. The number of amides is 1. The fourth-order valence-corrected chi connectivity index (χ4v) is 3.12. The SMILES string of the molecule is O=C(Nc1cccc(Br)c1)c1cnc(NC2CCCCC2)nc1. The Kier molecular flexibility index (Phi) is 5.23. The molecule has 0 radical (unpaired) electrons. The molecule has 0 atom stereocenters. The molecule has 1 amide bonds. The molecule has 0 unspecified atom stereocenters. The lowest BCUT2D eigenvalue weighted by Gasteiger charge is -2.22.